The summed E-state index contributed by atoms with van der Waals surface area (Å²) in [5.41, 5.74) is 2.79. The van der Waals surface area contributed by atoms with Gasteiger partial charge in [0.15, 0.2) is 0 Å². The van der Waals surface area contributed by atoms with Gasteiger partial charge in [0.05, 0.1) is 19.8 Å². The van der Waals surface area contributed by atoms with E-state index in [2.05, 4.69) is 5.32 Å². The molecule has 0 heterocycles. The molecule has 0 aliphatic carbocycles. The molecule has 0 radical (unpaired) electrons. The van der Waals surface area contributed by atoms with Crippen molar-refractivity contribution in [2.75, 3.05) is 19.5 Å². The van der Waals surface area contributed by atoms with Gasteiger partial charge in [-0.1, -0.05) is 18.2 Å². The Hall–Kier alpha value is -2.82. The number of amides is 1. The fraction of sp³-hybridized carbons (Fsp3) is 0.263. The molecule has 2 aromatic carbocycles. The van der Waals surface area contributed by atoms with Gasteiger partial charge in [-0.25, -0.2) is 4.79 Å². The van der Waals surface area contributed by atoms with Crippen LogP contribution in [0.2, 0.25) is 0 Å². The number of aryl methyl sites for hydroxylation is 1. The standard InChI is InChI=1S/C19H21NO4/c1-13-16(19(22)24-3)8-5-9-17(13)20-18(21)11-10-14-6-4-7-15(12-14)23-2/h4-9,12H,10-11H2,1-3H3,(H,20,21). The zero-order chi connectivity index (χ0) is 17.5. The van der Waals surface area contributed by atoms with Crippen LogP contribution in [-0.2, 0) is 16.0 Å². The van der Waals surface area contributed by atoms with Crippen molar-refractivity contribution in [2.24, 2.45) is 0 Å². The number of benzene rings is 2. The lowest BCUT2D eigenvalue weighted by Gasteiger charge is -2.11. The topological polar surface area (TPSA) is 64.6 Å². The molecular weight excluding hydrogens is 306 g/mol. The van der Waals surface area contributed by atoms with E-state index in [1.807, 2.05) is 24.3 Å². The first-order valence-electron chi connectivity index (χ1n) is 7.66. The lowest BCUT2D eigenvalue weighted by Crippen LogP contribution is -2.14. The number of carbonyl (C=O) groups is 2. The van der Waals surface area contributed by atoms with Gasteiger partial charge in [-0.05, 0) is 48.7 Å². The lowest BCUT2D eigenvalue weighted by atomic mass is 10.1. The van der Waals surface area contributed by atoms with E-state index in [1.165, 1.54) is 7.11 Å². The SMILES string of the molecule is COC(=O)c1cccc(NC(=O)CCc2cccc(OC)c2)c1C. The third-order valence-electron chi connectivity index (χ3n) is 3.79. The van der Waals surface area contributed by atoms with Gasteiger partial charge in [0, 0.05) is 12.1 Å². The van der Waals surface area contributed by atoms with Crippen molar-refractivity contribution < 1.29 is 19.1 Å². The third kappa shape index (κ3) is 4.35. The molecule has 0 bridgehead atoms. The molecule has 0 saturated carbocycles. The van der Waals surface area contributed by atoms with Gasteiger partial charge in [-0.15, -0.1) is 0 Å². The van der Waals surface area contributed by atoms with Crippen LogP contribution in [0, 0.1) is 6.92 Å². The van der Waals surface area contributed by atoms with Gasteiger partial charge < -0.3 is 14.8 Å². The minimum atomic E-state index is -0.417. The van der Waals surface area contributed by atoms with Gasteiger partial charge in [0.25, 0.3) is 0 Å². The first-order valence-corrected chi connectivity index (χ1v) is 7.66. The molecule has 1 N–H and O–H groups in total. The van der Waals surface area contributed by atoms with Crippen LogP contribution in [0.3, 0.4) is 0 Å². The van der Waals surface area contributed by atoms with E-state index in [1.54, 1.807) is 32.2 Å². The Labute approximate surface area is 141 Å². The van der Waals surface area contributed by atoms with Crippen molar-refractivity contribution in [2.45, 2.75) is 19.8 Å². The van der Waals surface area contributed by atoms with Gasteiger partial charge >= 0.3 is 5.97 Å². The zero-order valence-electron chi connectivity index (χ0n) is 14.1. The van der Waals surface area contributed by atoms with Crippen LogP contribution in [-0.4, -0.2) is 26.1 Å². The first-order chi connectivity index (χ1) is 11.5. The van der Waals surface area contributed by atoms with Crippen LogP contribution >= 0.6 is 0 Å². The molecule has 2 aromatic rings. The maximum atomic E-state index is 12.2. The van der Waals surface area contributed by atoms with Crippen molar-refractivity contribution in [1.29, 1.82) is 0 Å². The van der Waals surface area contributed by atoms with Crippen LogP contribution in [0.15, 0.2) is 42.5 Å². The highest BCUT2D eigenvalue weighted by Crippen LogP contribution is 2.20. The molecular formula is C19H21NO4. The number of carbonyl (C=O) groups excluding carboxylic acids is 2. The quantitative estimate of drug-likeness (QED) is 0.826. The molecule has 126 valence electrons. The third-order valence-corrected chi connectivity index (χ3v) is 3.79. The fourth-order valence-corrected chi connectivity index (χ4v) is 2.40. The van der Waals surface area contributed by atoms with Crippen LogP contribution in [0.4, 0.5) is 5.69 Å². The Morgan fingerprint density at radius 1 is 1.08 bits per heavy atom. The van der Waals surface area contributed by atoms with Crippen molar-refractivity contribution in [3.05, 3.63) is 59.2 Å². The molecule has 2 rings (SSSR count). The number of hydrogen-bond acceptors (Lipinski definition) is 4. The van der Waals surface area contributed by atoms with E-state index < -0.39 is 5.97 Å². The first kappa shape index (κ1) is 17.5. The Bertz CT molecular complexity index is 740. The summed E-state index contributed by atoms with van der Waals surface area (Å²) in [6.07, 6.45) is 0.952. The Kier molecular flexibility index (Phi) is 5.95. The predicted octanol–water partition coefficient (Wildman–Crippen LogP) is 3.36. The fourth-order valence-electron chi connectivity index (χ4n) is 2.40. The summed E-state index contributed by atoms with van der Waals surface area (Å²) in [6, 6.07) is 12.8. The smallest absolute Gasteiger partial charge is 0.338 e. The summed E-state index contributed by atoms with van der Waals surface area (Å²) in [4.78, 5) is 23.9. The molecule has 0 aromatic heterocycles. The van der Waals surface area contributed by atoms with Gasteiger partial charge in [0.1, 0.15) is 5.75 Å². The average Bonchev–Trinajstić information content (AvgIpc) is 2.61. The highest BCUT2D eigenvalue weighted by atomic mass is 16.5. The van der Waals surface area contributed by atoms with Gasteiger partial charge in [-0.3, -0.25) is 4.79 Å². The van der Waals surface area contributed by atoms with E-state index in [0.29, 0.717) is 29.7 Å². The van der Waals surface area contributed by atoms with Crippen LogP contribution in [0.25, 0.3) is 0 Å². The highest BCUT2D eigenvalue weighted by molar-refractivity contribution is 5.96. The maximum absolute atomic E-state index is 12.2. The second-order valence-electron chi connectivity index (χ2n) is 5.37. The Morgan fingerprint density at radius 2 is 1.83 bits per heavy atom. The van der Waals surface area contributed by atoms with E-state index in [9.17, 15) is 9.59 Å². The molecule has 1 amide bonds. The van der Waals surface area contributed by atoms with Crippen LogP contribution in [0.1, 0.15) is 27.9 Å². The van der Waals surface area contributed by atoms with Gasteiger partial charge in [0.2, 0.25) is 5.91 Å². The van der Waals surface area contributed by atoms with Crippen LogP contribution in [0.5, 0.6) is 5.75 Å². The average molecular weight is 327 g/mol. The molecule has 0 aliphatic heterocycles. The molecule has 0 fully saturated rings. The molecule has 5 heteroatoms. The number of rotatable bonds is 6. The predicted molar refractivity (Wildman–Crippen MR) is 92.5 cm³/mol. The second kappa shape index (κ2) is 8.15. The summed E-state index contributed by atoms with van der Waals surface area (Å²) in [5, 5.41) is 2.85. The Morgan fingerprint density at radius 3 is 2.54 bits per heavy atom. The van der Waals surface area contributed by atoms with E-state index in [-0.39, 0.29) is 5.91 Å². The molecule has 5 nitrogen and oxygen atoms in total. The van der Waals surface area contributed by atoms with E-state index in [0.717, 1.165) is 11.3 Å². The minimum absolute atomic E-state index is 0.108. The van der Waals surface area contributed by atoms with E-state index >= 15 is 0 Å². The summed E-state index contributed by atoms with van der Waals surface area (Å²) >= 11 is 0. The Balaban J connectivity index is 2.01. The molecule has 0 spiro atoms. The zero-order valence-corrected chi connectivity index (χ0v) is 14.1. The number of hydrogen-bond donors (Lipinski definition) is 1. The van der Waals surface area contributed by atoms with Crippen molar-refractivity contribution in [3.8, 4) is 5.75 Å². The number of methoxy groups -OCH3 is 2. The van der Waals surface area contributed by atoms with Crippen molar-refractivity contribution in [1.82, 2.24) is 0 Å². The second-order valence-corrected chi connectivity index (χ2v) is 5.37. The number of esters is 1. The lowest BCUT2D eigenvalue weighted by molar-refractivity contribution is -0.116. The molecule has 0 aliphatic rings. The summed E-state index contributed by atoms with van der Waals surface area (Å²) in [5.74, 6) is 0.248. The normalized spacial score (nSPS) is 10.1. The molecule has 0 unspecified atom stereocenters. The number of anilines is 1. The summed E-state index contributed by atoms with van der Waals surface area (Å²) in [6.45, 7) is 1.78. The molecule has 0 atom stereocenters. The minimum Gasteiger partial charge on any atom is -0.497 e. The number of nitrogens with one attached hydrogen (secondary N) is 1. The largest absolute Gasteiger partial charge is 0.497 e. The summed E-state index contributed by atoms with van der Waals surface area (Å²) < 4.78 is 9.92. The monoisotopic (exact) mass is 327 g/mol. The van der Waals surface area contributed by atoms with E-state index in [4.69, 9.17) is 9.47 Å². The van der Waals surface area contributed by atoms with Crippen molar-refractivity contribution >= 4 is 17.6 Å². The summed E-state index contributed by atoms with van der Waals surface area (Å²) in [7, 11) is 2.95. The van der Waals surface area contributed by atoms with Gasteiger partial charge in [-0.2, -0.15) is 0 Å². The maximum Gasteiger partial charge on any atom is 0.338 e. The van der Waals surface area contributed by atoms with Crippen molar-refractivity contribution in [3.63, 3.8) is 0 Å². The molecule has 0 saturated heterocycles. The van der Waals surface area contributed by atoms with Crippen LogP contribution < -0.4 is 10.1 Å². The highest BCUT2D eigenvalue weighted by Gasteiger charge is 2.13. The molecule has 24 heavy (non-hydrogen) atoms. The number of ether oxygens (including phenoxy) is 2.